The number of nitrogens with one attached hydrogen (secondary N) is 1. The van der Waals surface area contributed by atoms with Crippen molar-refractivity contribution >= 4 is 11.8 Å². The van der Waals surface area contributed by atoms with E-state index >= 15 is 0 Å². The lowest BCUT2D eigenvalue weighted by Gasteiger charge is -2.36. The molecule has 1 N–H and O–H groups in total. The molecule has 2 saturated heterocycles. The van der Waals surface area contributed by atoms with E-state index in [2.05, 4.69) is 20.4 Å². The van der Waals surface area contributed by atoms with Crippen LogP contribution in [-0.2, 0) is 11.3 Å². The zero-order chi connectivity index (χ0) is 15.5. The number of hydrogen-bond acceptors (Lipinski definition) is 6. The highest BCUT2D eigenvalue weighted by atomic mass is 16.5. The minimum Gasteiger partial charge on any atom is -0.352 e. The number of likely N-dealkylation sites (tertiary alicyclic amines) is 2. The third-order valence-electron chi connectivity index (χ3n) is 4.29. The Morgan fingerprint density at radius 3 is 3.00 bits per heavy atom. The van der Waals surface area contributed by atoms with Crippen molar-refractivity contribution in [1.82, 2.24) is 25.3 Å². The SMILES string of the molecule is CNC(=O)c1noc(CN2CCC[C@@H](N3CCCC3=O)C2)n1. The first-order valence-electron chi connectivity index (χ1n) is 7.74. The summed E-state index contributed by atoms with van der Waals surface area (Å²) in [5.74, 6) is 0.411. The number of nitrogens with zero attached hydrogens (tertiary/aromatic N) is 4. The van der Waals surface area contributed by atoms with Crippen LogP contribution in [-0.4, -0.2) is 64.5 Å². The fourth-order valence-corrected chi connectivity index (χ4v) is 3.20. The fraction of sp³-hybridized carbons (Fsp3) is 0.714. The number of amides is 2. The molecule has 3 heterocycles. The standard InChI is InChI=1S/C14H21N5O3/c1-15-14(21)13-16-11(22-17-13)9-18-6-2-4-10(8-18)19-7-3-5-12(19)20/h10H,2-9H2,1H3,(H,15,21)/t10-/m1/s1. The monoisotopic (exact) mass is 307 g/mol. The summed E-state index contributed by atoms with van der Waals surface area (Å²) >= 11 is 0. The molecule has 0 saturated carbocycles. The van der Waals surface area contributed by atoms with Gasteiger partial charge < -0.3 is 14.7 Å². The molecule has 120 valence electrons. The summed E-state index contributed by atoms with van der Waals surface area (Å²) in [5.41, 5.74) is 0. The minimum atomic E-state index is -0.353. The molecular weight excluding hydrogens is 286 g/mol. The summed E-state index contributed by atoms with van der Waals surface area (Å²) in [6.45, 7) is 3.15. The summed E-state index contributed by atoms with van der Waals surface area (Å²) in [4.78, 5) is 31.6. The van der Waals surface area contributed by atoms with Gasteiger partial charge in [0.1, 0.15) is 0 Å². The molecule has 0 unspecified atom stereocenters. The number of piperidine rings is 1. The zero-order valence-electron chi connectivity index (χ0n) is 12.7. The first kappa shape index (κ1) is 15.0. The van der Waals surface area contributed by atoms with Crippen LogP contribution in [0.1, 0.15) is 42.2 Å². The summed E-state index contributed by atoms with van der Waals surface area (Å²) in [6.07, 6.45) is 3.74. The summed E-state index contributed by atoms with van der Waals surface area (Å²) in [5, 5.41) is 6.14. The van der Waals surface area contributed by atoms with Gasteiger partial charge in [-0.1, -0.05) is 5.16 Å². The first-order chi connectivity index (χ1) is 10.7. The van der Waals surface area contributed by atoms with Gasteiger partial charge in [-0.15, -0.1) is 0 Å². The highest BCUT2D eigenvalue weighted by molar-refractivity contribution is 5.89. The maximum absolute atomic E-state index is 11.9. The fourth-order valence-electron chi connectivity index (χ4n) is 3.20. The van der Waals surface area contributed by atoms with Gasteiger partial charge in [-0.2, -0.15) is 4.98 Å². The normalized spacial score (nSPS) is 23.0. The molecular formula is C14H21N5O3. The van der Waals surface area contributed by atoms with Crippen LogP contribution in [0.5, 0.6) is 0 Å². The minimum absolute atomic E-state index is 0.0563. The van der Waals surface area contributed by atoms with E-state index in [0.717, 1.165) is 38.9 Å². The lowest BCUT2D eigenvalue weighted by atomic mass is 10.0. The Morgan fingerprint density at radius 1 is 1.41 bits per heavy atom. The van der Waals surface area contributed by atoms with Crippen LogP contribution in [0, 0.1) is 0 Å². The van der Waals surface area contributed by atoms with Gasteiger partial charge in [-0.05, 0) is 25.8 Å². The number of aromatic nitrogens is 2. The van der Waals surface area contributed by atoms with E-state index in [0.29, 0.717) is 18.9 Å². The molecule has 3 rings (SSSR count). The molecule has 1 aromatic heterocycles. The third kappa shape index (κ3) is 3.11. The molecule has 22 heavy (non-hydrogen) atoms. The second-order valence-electron chi connectivity index (χ2n) is 5.81. The molecule has 2 aliphatic rings. The first-order valence-corrected chi connectivity index (χ1v) is 7.74. The quantitative estimate of drug-likeness (QED) is 0.843. The largest absolute Gasteiger partial charge is 0.352 e. The Bertz CT molecular complexity index is 558. The summed E-state index contributed by atoms with van der Waals surface area (Å²) < 4.78 is 5.13. The van der Waals surface area contributed by atoms with E-state index in [-0.39, 0.29) is 23.7 Å². The average Bonchev–Trinajstić information content (AvgIpc) is 3.16. The Kier molecular flexibility index (Phi) is 4.37. The van der Waals surface area contributed by atoms with Crippen LogP contribution in [0.15, 0.2) is 4.52 Å². The summed E-state index contributed by atoms with van der Waals surface area (Å²) in [6, 6.07) is 0.282. The van der Waals surface area contributed by atoms with Crippen molar-refractivity contribution in [3.05, 3.63) is 11.7 Å². The molecule has 0 spiro atoms. The number of carbonyl (C=O) groups excluding carboxylic acids is 2. The highest BCUT2D eigenvalue weighted by Gasteiger charge is 2.31. The molecule has 8 nitrogen and oxygen atoms in total. The van der Waals surface area contributed by atoms with Crippen molar-refractivity contribution < 1.29 is 14.1 Å². The molecule has 8 heteroatoms. The molecule has 2 amide bonds. The van der Waals surface area contributed by atoms with Gasteiger partial charge in [0.05, 0.1) is 6.54 Å². The molecule has 0 aromatic carbocycles. The Balaban J connectivity index is 1.59. The van der Waals surface area contributed by atoms with Crippen molar-refractivity contribution in [1.29, 1.82) is 0 Å². The van der Waals surface area contributed by atoms with E-state index < -0.39 is 0 Å². The van der Waals surface area contributed by atoms with Gasteiger partial charge in [-0.25, -0.2) is 0 Å². The van der Waals surface area contributed by atoms with Crippen molar-refractivity contribution in [3.63, 3.8) is 0 Å². The topological polar surface area (TPSA) is 91.6 Å². The molecule has 0 aliphatic carbocycles. The van der Waals surface area contributed by atoms with Crippen molar-refractivity contribution in [3.8, 4) is 0 Å². The van der Waals surface area contributed by atoms with Gasteiger partial charge >= 0.3 is 0 Å². The van der Waals surface area contributed by atoms with E-state index in [9.17, 15) is 9.59 Å². The molecule has 0 bridgehead atoms. The maximum Gasteiger partial charge on any atom is 0.292 e. The van der Waals surface area contributed by atoms with E-state index in [4.69, 9.17) is 4.52 Å². The van der Waals surface area contributed by atoms with E-state index in [1.54, 1.807) is 0 Å². The lowest BCUT2D eigenvalue weighted by Crippen LogP contribution is -2.48. The molecule has 2 fully saturated rings. The van der Waals surface area contributed by atoms with Crippen molar-refractivity contribution in [2.75, 3.05) is 26.7 Å². The molecule has 1 aromatic rings. The van der Waals surface area contributed by atoms with Crippen LogP contribution in [0.2, 0.25) is 0 Å². The van der Waals surface area contributed by atoms with E-state index in [1.807, 2.05) is 4.90 Å². The Morgan fingerprint density at radius 2 is 2.27 bits per heavy atom. The van der Waals surface area contributed by atoms with E-state index in [1.165, 1.54) is 7.05 Å². The van der Waals surface area contributed by atoms with Crippen LogP contribution in [0.25, 0.3) is 0 Å². The number of carbonyl (C=O) groups is 2. The highest BCUT2D eigenvalue weighted by Crippen LogP contribution is 2.22. The van der Waals surface area contributed by atoms with Crippen molar-refractivity contribution in [2.45, 2.75) is 38.3 Å². The Hall–Kier alpha value is -1.96. The zero-order valence-corrected chi connectivity index (χ0v) is 12.7. The van der Waals surface area contributed by atoms with Gasteiger partial charge in [0.15, 0.2) is 0 Å². The summed E-state index contributed by atoms with van der Waals surface area (Å²) in [7, 11) is 1.53. The van der Waals surface area contributed by atoms with Crippen LogP contribution in [0.4, 0.5) is 0 Å². The number of hydrogen-bond donors (Lipinski definition) is 1. The number of rotatable bonds is 4. The lowest BCUT2D eigenvalue weighted by molar-refractivity contribution is -0.130. The molecule has 1 atom stereocenters. The van der Waals surface area contributed by atoms with Gasteiger partial charge in [0.2, 0.25) is 11.8 Å². The second-order valence-corrected chi connectivity index (χ2v) is 5.81. The predicted molar refractivity (Wildman–Crippen MR) is 76.9 cm³/mol. The van der Waals surface area contributed by atoms with Gasteiger partial charge in [0, 0.05) is 32.6 Å². The van der Waals surface area contributed by atoms with Crippen LogP contribution >= 0.6 is 0 Å². The van der Waals surface area contributed by atoms with Crippen LogP contribution in [0.3, 0.4) is 0 Å². The average molecular weight is 307 g/mol. The predicted octanol–water partition coefficient (Wildman–Crippen LogP) is 0.0160. The third-order valence-corrected chi connectivity index (χ3v) is 4.29. The van der Waals surface area contributed by atoms with Crippen molar-refractivity contribution in [2.24, 2.45) is 0 Å². The smallest absolute Gasteiger partial charge is 0.292 e. The van der Waals surface area contributed by atoms with Gasteiger partial charge in [-0.3, -0.25) is 14.5 Å². The molecule has 2 aliphatic heterocycles. The van der Waals surface area contributed by atoms with Gasteiger partial charge in [0.25, 0.3) is 11.7 Å². The Labute approximate surface area is 128 Å². The molecule has 0 radical (unpaired) electrons. The second kappa shape index (κ2) is 6.43. The van der Waals surface area contributed by atoms with Crippen LogP contribution < -0.4 is 5.32 Å². The maximum atomic E-state index is 11.9.